The monoisotopic (exact) mass is 194 g/mol. The molecule has 2 nitrogen and oxygen atoms in total. The summed E-state index contributed by atoms with van der Waals surface area (Å²) in [6.45, 7) is 7.39. The largest absolute Gasteiger partial charge is 0.298 e. The van der Waals surface area contributed by atoms with Gasteiger partial charge in [0.15, 0.2) is 0 Å². The van der Waals surface area contributed by atoms with Crippen molar-refractivity contribution in [2.24, 2.45) is 0 Å². The lowest BCUT2D eigenvalue weighted by Gasteiger charge is -2.27. The van der Waals surface area contributed by atoms with Crippen molar-refractivity contribution in [3.63, 3.8) is 0 Å². The topological polar surface area (TPSA) is 16.1 Å². The lowest BCUT2D eigenvalue weighted by Crippen LogP contribution is -2.29. The second kappa shape index (κ2) is 4.03. The standard InChI is InChI=1S/C10H14N2S/c1-9-2-4-12(5-3-9)7-10-6-11-13-8-10/h6,8H,1-5,7H2. The molecule has 13 heavy (non-hydrogen) atoms. The molecule has 2 heterocycles. The molecule has 0 radical (unpaired) electrons. The minimum absolute atomic E-state index is 1.06. The number of nitrogens with zero attached hydrogens (tertiary/aromatic N) is 2. The first-order chi connectivity index (χ1) is 6.34. The van der Waals surface area contributed by atoms with Crippen molar-refractivity contribution in [3.8, 4) is 0 Å². The van der Waals surface area contributed by atoms with Gasteiger partial charge in [-0.3, -0.25) is 4.90 Å². The van der Waals surface area contributed by atoms with E-state index in [1.807, 2.05) is 6.20 Å². The highest BCUT2D eigenvalue weighted by atomic mass is 32.1. The van der Waals surface area contributed by atoms with Crippen molar-refractivity contribution < 1.29 is 0 Å². The van der Waals surface area contributed by atoms with Crippen LogP contribution in [-0.2, 0) is 6.54 Å². The zero-order chi connectivity index (χ0) is 9.10. The van der Waals surface area contributed by atoms with Crippen LogP contribution in [0.4, 0.5) is 0 Å². The summed E-state index contributed by atoms with van der Waals surface area (Å²) in [6.07, 6.45) is 4.29. The molecule has 0 bridgehead atoms. The molecule has 0 atom stereocenters. The summed E-state index contributed by atoms with van der Waals surface area (Å²) < 4.78 is 4.10. The Kier molecular flexibility index (Phi) is 2.76. The number of aromatic nitrogens is 1. The third kappa shape index (κ3) is 2.39. The lowest BCUT2D eigenvalue weighted by atomic mass is 10.1. The van der Waals surface area contributed by atoms with E-state index >= 15 is 0 Å². The van der Waals surface area contributed by atoms with Crippen LogP contribution in [0.25, 0.3) is 0 Å². The quantitative estimate of drug-likeness (QED) is 0.672. The molecule has 1 saturated heterocycles. The van der Waals surface area contributed by atoms with Crippen LogP contribution < -0.4 is 0 Å². The minimum atomic E-state index is 1.06. The number of likely N-dealkylation sites (tertiary alicyclic amines) is 1. The van der Waals surface area contributed by atoms with E-state index in [2.05, 4.69) is 21.2 Å². The van der Waals surface area contributed by atoms with Gasteiger partial charge in [0, 0.05) is 31.2 Å². The van der Waals surface area contributed by atoms with Crippen LogP contribution in [0.3, 0.4) is 0 Å². The number of rotatable bonds is 2. The molecule has 1 aromatic rings. The smallest absolute Gasteiger partial charge is 0.0452 e. The fourth-order valence-corrected chi connectivity index (χ4v) is 2.12. The fourth-order valence-electron chi connectivity index (χ4n) is 1.59. The highest BCUT2D eigenvalue weighted by Gasteiger charge is 2.12. The van der Waals surface area contributed by atoms with E-state index in [0.29, 0.717) is 0 Å². The highest BCUT2D eigenvalue weighted by molar-refractivity contribution is 7.03. The van der Waals surface area contributed by atoms with Gasteiger partial charge in [-0.2, -0.15) is 0 Å². The van der Waals surface area contributed by atoms with Crippen molar-refractivity contribution in [1.29, 1.82) is 0 Å². The van der Waals surface area contributed by atoms with Crippen LogP contribution in [0.1, 0.15) is 18.4 Å². The van der Waals surface area contributed by atoms with Crippen molar-refractivity contribution in [2.45, 2.75) is 19.4 Å². The van der Waals surface area contributed by atoms with Crippen LogP contribution in [0, 0.1) is 0 Å². The summed E-state index contributed by atoms with van der Waals surface area (Å²) in [7, 11) is 0. The Morgan fingerprint density at radius 2 is 2.23 bits per heavy atom. The predicted molar refractivity (Wildman–Crippen MR) is 55.8 cm³/mol. The molecule has 1 aromatic heterocycles. The Bertz CT molecular complexity index is 269. The molecule has 0 unspecified atom stereocenters. The van der Waals surface area contributed by atoms with Crippen LogP contribution in [0.15, 0.2) is 23.7 Å². The van der Waals surface area contributed by atoms with Gasteiger partial charge in [0.25, 0.3) is 0 Å². The Morgan fingerprint density at radius 3 is 2.85 bits per heavy atom. The Labute approximate surface area is 83.1 Å². The van der Waals surface area contributed by atoms with E-state index in [-0.39, 0.29) is 0 Å². The Balaban J connectivity index is 1.86. The summed E-state index contributed by atoms with van der Waals surface area (Å²) in [5.41, 5.74) is 2.75. The number of piperidine rings is 1. The van der Waals surface area contributed by atoms with Crippen LogP contribution in [0.5, 0.6) is 0 Å². The van der Waals surface area contributed by atoms with E-state index in [0.717, 1.165) is 32.5 Å². The summed E-state index contributed by atoms with van der Waals surface area (Å²) in [5, 5.41) is 2.13. The summed E-state index contributed by atoms with van der Waals surface area (Å²) in [6, 6.07) is 0. The van der Waals surface area contributed by atoms with Crippen molar-refractivity contribution in [1.82, 2.24) is 9.27 Å². The van der Waals surface area contributed by atoms with E-state index in [9.17, 15) is 0 Å². The molecule has 1 fully saturated rings. The molecular weight excluding hydrogens is 180 g/mol. The normalized spacial score (nSPS) is 19.2. The Morgan fingerprint density at radius 1 is 1.46 bits per heavy atom. The third-order valence-corrected chi connectivity index (χ3v) is 3.09. The first-order valence-corrected chi connectivity index (χ1v) is 5.45. The third-order valence-electron chi connectivity index (χ3n) is 2.45. The van der Waals surface area contributed by atoms with Gasteiger partial charge in [-0.05, 0) is 29.9 Å². The molecule has 0 saturated carbocycles. The summed E-state index contributed by atoms with van der Waals surface area (Å²) in [5.74, 6) is 0. The van der Waals surface area contributed by atoms with E-state index in [4.69, 9.17) is 0 Å². The van der Waals surface area contributed by atoms with Crippen LogP contribution >= 0.6 is 11.5 Å². The molecule has 0 aromatic carbocycles. The molecule has 1 aliphatic heterocycles. The number of hydrogen-bond donors (Lipinski definition) is 0. The fraction of sp³-hybridized carbons (Fsp3) is 0.500. The van der Waals surface area contributed by atoms with E-state index in [1.165, 1.54) is 22.7 Å². The maximum Gasteiger partial charge on any atom is 0.0452 e. The summed E-state index contributed by atoms with van der Waals surface area (Å²) >= 11 is 1.53. The van der Waals surface area contributed by atoms with Gasteiger partial charge in [-0.1, -0.05) is 12.2 Å². The first-order valence-electron chi connectivity index (χ1n) is 4.62. The average Bonchev–Trinajstić information content (AvgIpc) is 2.62. The van der Waals surface area contributed by atoms with Crippen molar-refractivity contribution in [3.05, 3.63) is 29.3 Å². The Hall–Kier alpha value is -0.670. The SMILES string of the molecule is C=C1CCN(Cc2cnsc2)CC1. The summed E-state index contributed by atoms with van der Waals surface area (Å²) in [4.78, 5) is 2.47. The van der Waals surface area contributed by atoms with Crippen LogP contribution in [0.2, 0.25) is 0 Å². The van der Waals surface area contributed by atoms with Gasteiger partial charge >= 0.3 is 0 Å². The number of hydrogen-bond acceptors (Lipinski definition) is 3. The molecular formula is C10H14N2S. The van der Waals surface area contributed by atoms with Gasteiger partial charge < -0.3 is 0 Å². The molecule has 2 rings (SSSR count). The second-order valence-electron chi connectivity index (χ2n) is 3.56. The predicted octanol–water partition coefficient (Wildman–Crippen LogP) is 2.30. The molecule has 70 valence electrons. The van der Waals surface area contributed by atoms with E-state index in [1.54, 1.807) is 0 Å². The van der Waals surface area contributed by atoms with E-state index < -0.39 is 0 Å². The van der Waals surface area contributed by atoms with Gasteiger partial charge in [0.2, 0.25) is 0 Å². The molecule has 1 aliphatic rings. The average molecular weight is 194 g/mol. The minimum Gasteiger partial charge on any atom is -0.298 e. The molecule has 3 heteroatoms. The molecule has 0 N–H and O–H groups in total. The van der Waals surface area contributed by atoms with Gasteiger partial charge in [-0.25, -0.2) is 4.37 Å². The van der Waals surface area contributed by atoms with Gasteiger partial charge in [-0.15, -0.1) is 0 Å². The molecule has 0 aliphatic carbocycles. The first kappa shape index (κ1) is 8.91. The maximum absolute atomic E-state index is 4.10. The maximum atomic E-state index is 4.10. The zero-order valence-electron chi connectivity index (χ0n) is 7.70. The zero-order valence-corrected chi connectivity index (χ0v) is 8.52. The lowest BCUT2D eigenvalue weighted by molar-refractivity contribution is 0.249. The van der Waals surface area contributed by atoms with Gasteiger partial charge in [0.1, 0.15) is 0 Å². The van der Waals surface area contributed by atoms with Crippen molar-refractivity contribution >= 4 is 11.5 Å². The molecule has 0 spiro atoms. The second-order valence-corrected chi connectivity index (χ2v) is 4.22. The van der Waals surface area contributed by atoms with Crippen molar-refractivity contribution in [2.75, 3.05) is 13.1 Å². The van der Waals surface area contributed by atoms with Gasteiger partial charge in [0.05, 0.1) is 0 Å². The molecule has 0 amide bonds. The van der Waals surface area contributed by atoms with Crippen LogP contribution in [-0.4, -0.2) is 22.4 Å². The highest BCUT2D eigenvalue weighted by Crippen LogP contribution is 2.16.